The van der Waals surface area contributed by atoms with Gasteiger partial charge in [-0.15, -0.1) is 11.8 Å². The van der Waals surface area contributed by atoms with Crippen molar-refractivity contribution in [3.63, 3.8) is 0 Å². The third kappa shape index (κ3) is 3.17. The van der Waals surface area contributed by atoms with Crippen LogP contribution in [0, 0.1) is 11.6 Å². The molecule has 0 amide bonds. The number of benzene rings is 2. The van der Waals surface area contributed by atoms with E-state index in [9.17, 15) is 8.78 Å². The van der Waals surface area contributed by atoms with E-state index in [1.165, 1.54) is 17.8 Å². The molecule has 0 radical (unpaired) electrons. The number of ether oxygens (including phenoxy) is 1. The fourth-order valence-electron chi connectivity index (χ4n) is 1.62. The number of nitrogen functional groups attached to an aromatic ring is 1. The van der Waals surface area contributed by atoms with Crippen LogP contribution in [0.25, 0.3) is 0 Å². The van der Waals surface area contributed by atoms with Crippen molar-refractivity contribution < 1.29 is 13.5 Å². The lowest BCUT2D eigenvalue weighted by Crippen LogP contribution is -1.93. The van der Waals surface area contributed by atoms with E-state index in [0.717, 1.165) is 11.0 Å². The van der Waals surface area contributed by atoms with Crippen LogP contribution in [0.2, 0.25) is 0 Å². The number of thioether (sulfide) groups is 1. The second kappa shape index (κ2) is 5.93. The third-order valence-electron chi connectivity index (χ3n) is 2.60. The maximum absolute atomic E-state index is 13.5. The summed E-state index contributed by atoms with van der Waals surface area (Å²) in [5, 5.41) is 0. The fraction of sp³-hybridized carbons (Fsp3) is 0.143. The first-order valence-corrected chi connectivity index (χ1v) is 6.59. The predicted octanol–water partition coefficient (Wildman–Crippen LogP) is 3.85. The second-order valence-electron chi connectivity index (χ2n) is 3.91. The highest BCUT2D eigenvalue weighted by Crippen LogP contribution is 2.33. The van der Waals surface area contributed by atoms with Crippen LogP contribution < -0.4 is 10.5 Å². The summed E-state index contributed by atoms with van der Waals surface area (Å²) >= 11 is 1.37. The molecule has 0 heterocycles. The molecule has 2 aromatic rings. The zero-order chi connectivity index (χ0) is 13.8. The van der Waals surface area contributed by atoms with E-state index in [2.05, 4.69) is 0 Å². The highest BCUT2D eigenvalue weighted by molar-refractivity contribution is 7.98. The monoisotopic (exact) mass is 281 g/mol. The van der Waals surface area contributed by atoms with Crippen LogP contribution >= 0.6 is 11.8 Å². The lowest BCUT2D eigenvalue weighted by Gasteiger charge is -2.09. The van der Waals surface area contributed by atoms with Gasteiger partial charge in [0.25, 0.3) is 0 Å². The lowest BCUT2D eigenvalue weighted by molar-refractivity contribution is 0.405. The van der Waals surface area contributed by atoms with E-state index in [0.29, 0.717) is 22.8 Å². The van der Waals surface area contributed by atoms with Gasteiger partial charge in [-0.1, -0.05) is 12.1 Å². The maximum atomic E-state index is 13.5. The molecule has 5 heteroatoms. The first-order valence-electron chi connectivity index (χ1n) is 5.61. The van der Waals surface area contributed by atoms with Crippen LogP contribution in [-0.4, -0.2) is 7.11 Å². The van der Waals surface area contributed by atoms with E-state index in [1.807, 2.05) is 0 Å². The summed E-state index contributed by atoms with van der Waals surface area (Å²) in [7, 11) is 1.54. The van der Waals surface area contributed by atoms with Gasteiger partial charge in [0.2, 0.25) is 0 Å². The van der Waals surface area contributed by atoms with Crippen molar-refractivity contribution in [1.29, 1.82) is 0 Å². The fourth-order valence-corrected chi connectivity index (χ4v) is 2.60. The molecule has 0 bridgehead atoms. The Morgan fingerprint density at radius 3 is 2.74 bits per heavy atom. The maximum Gasteiger partial charge on any atom is 0.162 e. The summed E-state index contributed by atoms with van der Waals surface area (Å²) < 4.78 is 31.8. The minimum atomic E-state index is -0.831. The van der Waals surface area contributed by atoms with E-state index in [-0.39, 0.29) is 0 Å². The minimum absolute atomic E-state index is 0.323. The van der Waals surface area contributed by atoms with Gasteiger partial charge in [-0.05, 0) is 18.2 Å². The molecule has 2 aromatic carbocycles. The van der Waals surface area contributed by atoms with Gasteiger partial charge in [0.05, 0.1) is 7.11 Å². The molecule has 0 aliphatic rings. The zero-order valence-electron chi connectivity index (χ0n) is 10.3. The molecule has 0 atom stereocenters. The molecule has 2 nitrogen and oxygen atoms in total. The van der Waals surface area contributed by atoms with Crippen molar-refractivity contribution in [2.75, 3.05) is 12.8 Å². The Balaban J connectivity index is 2.17. The van der Waals surface area contributed by atoms with E-state index >= 15 is 0 Å². The smallest absolute Gasteiger partial charge is 0.162 e. The Morgan fingerprint density at radius 1 is 1.21 bits per heavy atom. The molecule has 0 spiro atoms. The number of nitrogens with two attached hydrogens (primary N) is 1. The summed E-state index contributed by atoms with van der Waals surface area (Å²) in [5.41, 5.74) is 6.57. The van der Waals surface area contributed by atoms with Crippen molar-refractivity contribution in [3.05, 3.63) is 53.6 Å². The van der Waals surface area contributed by atoms with E-state index < -0.39 is 11.6 Å². The number of rotatable bonds is 4. The molecule has 2 N–H and O–H groups in total. The van der Waals surface area contributed by atoms with Crippen molar-refractivity contribution in [1.82, 2.24) is 0 Å². The van der Waals surface area contributed by atoms with E-state index in [4.69, 9.17) is 10.5 Å². The largest absolute Gasteiger partial charge is 0.496 e. The van der Waals surface area contributed by atoms with Crippen LogP contribution in [0.4, 0.5) is 14.5 Å². The van der Waals surface area contributed by atoms with Gasteiger partial charge >= 0.3 is 0 Å². The quantitative estimate of drug-likeness (QED) is 0.683. The molecule has 0 saturated heterocycles. The van der Waals surface area contributed by atoms with Gasteiger partial charge in [0.1, 0.15) is 5.75 Å². The van der Waals surface area contributed by atoms with E-state index in [1.54, 1.807) is 31.4 Å². The molecular weight excluding hydrogens is 268 g/mol. The lowest BCUT2D eigenvalue weighted by atomic mass is 10.2. The van der Waals surface area contributed by atoms with Crippen LogP contribution in [0.5, 0.6) is 5.75 Å². The topological polar surface area (TPSA) is 35.2 Å². The molecule has 0 aliphatic carbocycles. The van der Waals surface area contributed by atoms with Gasteiger partial charge in [-0.2, -0.15) is 0 Å². The molecule has 2 rings (SSSR count). The SMILES string of the molecule is COc1cc(N)ccc1SCc1cccc(F)c1F. The molecule has 0 fully saturated rings. The van der Waals surface area contributed by atoms with Gasteiger partial charge in [0, 0.05) is 28.0 Å². The van der Waals surface area contributed by atoms with Crippen LogP contribution in [0.1, 0.15) is 5.56 Å². The van der Waals surface area contributed by atoms with Gasteiger partial charge in [-0.25, -0.2) is 8.78 Å². The third-order valence-corrected chi connectivity index (χ3v) is 3.71. The number of hydrogen-bond donors (Lipinski definition) is 1. The summed E-state index contributed by atoms with van der Waals surface area (Å²) in [5.74, 6) is -0.683. The van der Waals surface area contributed by atoms with Crippen LogP contribution in [0.15, 0.2) is 41.3 Å². The van der Waals surface area contributed by atoms with Gasteiger partial charge in [-0.3, -0.25) is 0 Å². The zero-order valence-corrected chi connectivity index (χ0v) is 11.1. The average Bonchev–Trinajstić information content (AvgIpc) is 2.41. The highest BCUT2D eigenvalue weighted by atomic mass is 32.2. The normalized spacial score (nSPS) is 10.5. The molecule has 19 heavy (non-hydrogen) atoms. The minimum Gasteiger partial charge on any atom is -0.496 e. The predicted molar refractivity (Wildman–Crippen MR) is 73.3 cm³/mol. The molecule has 100 valence electrons. The van der Waals surface area contributed by atoms with Crippen LogP contribution in [-0.2, 0) is 5.75 Å². The Hall–Kier alpha value is -1.75. The van der Waals surface area contributed by atoms with Crippen molar-refractivity contribution in [3.8, 4) is 5.75 Å². The first kappa shape index (κ1) is 13.7. The Bertz CT molecular complexity index is 590. The molecule has 0 aliphatic heterocycles. The number of anilines is 1. The summed E-state index contributed by atoms with van der Waals surface area (Å²) in [6, 6.07) is 9.41. The summed E-state index contributed by atoms with van der Waals surface area (Å²) in [4.78, 5) is 0.834. The molecule has 0 aromatic heterocycles. The van der Waals surface area contributed by atoms with Gasteiger partial charge < -0.3 is 10.5 Å². The number of halogens is 2. The molecule has 0 unspecified atom stereocenters. The Morgan fingerprint density at radius 2 is 2.00 bits per heavy atom. The van der Waals surface area contributed by atoms with Gasteiger partial charge in [0.15, 0.2) is 11.6 Å². The van der Waals surface area contributed by atoms with Crippen LogP contribution in [0.3, 0.4) is 0 Å². The van der Waals surface area contributed by atoms with Crippen molar-refractivity contribution >= 4 is 17.4 Å². The summed E-state index contributed by atoms with van der Waals surface area (Å²) in [6.45, 7) is 0. The first-order chi connectivity index (χ1) is 9.11. The Kier molecular flexibility index (Phi) is 4.27. The van der Waals surface area contributed by atoms with Crippen molar-refractivity contribution in [2.24, 2.45) is 0 Å². The molecular formula is C14H13F2NOS. The van der Waals surface area contributed by atoms with Crippen molar-refractivity contribution in [2.45, 2.75) is 10.6 Å². The highest BCUT2D eigenvalue weighted by Gasteiger charge is 2.10. The average molecular weight is 281 g/mol. The number of methoxy groups -OCH3 is 1. The second-order valence-corrected chi connectivity index (χ2v) is 4.93. The standard InChI is InChI=1S/C14H13F2NOS/c1-18-12-7-10(17)5-6-13(12)19-8-9-3-2-4-11(15)14(9)16/h2-7H,8,17H2,1H3. The summed E-state index contributed by atoms with van der Waals surface area (Å²) in [6.07, 6.45) is 0. The number of hydrogen-bond acceptors (Lipinski definition) is 3. The Labute approximate surface area is 114 Å². The molecule has 0 saturated carbocycles.